The van der Waals surface area contributed by atoms with Gasteiger partial charge in [0.25, 0.3) is 0 Å². The Morgan fingerprint density at radius 3 is 2.33 bits per heavy atom. The van der Waals surface area contributed by atoms with Gasteiger partial charge in [-0.2, -0.15) is 0 Å². The van der Waals surface area contributed by atoms with Crippen molar-refractivity contribution in [3.63, 3.8) is 0 Å². The molecule has 0 amide bonds. The minimum atomic E-state index is -3.12. The van der Waals surface area contributed by atoms with Gasteiger partial charge in [-0.3, -0.25) is 0 Å². The molecule has 0 bridgehead atoms. The molecule has 0 heterocycles. The molecule has 148 valence electrons. The van der Waals surface area contributed by atoms with Crippen molar-refractivity contribution in [2.45, 2.75) is 46.0 Å². The van der Waals surface area contributed by atoms with Gasteiger partial charge in [0.1, 0.15) is 5.75 Å². The van der Waals surface area contributed by atoms with Gasteiger partial charge in [-0.05, 0) is 35.6 Å². The molecule has 3 nitrogen and oxygen atoms in total. The van der Waals surface area contributed by atoms with Crippen LogP contribution in [0.5, 0.6) is 5.75 Å². The lowest BCUT2D eigenvalue weighted by molar-refractivity contribution is 0.256. The molecule has 2 aromatic carbocycles. The fourth-order valence-electron chi connectivity index (χ4n) is 2.95. The number of rotatable bonds is 11. The van der Waals surface area contributed by atoms with Gasteiger partial charge < -0.3 is 4.74 Å². The van der Waals surface area contributed by atoms with E-state index in [9.17, 15) is 8.42 Å². The van der Waals surface area contributed by atoms with E-state index in [4.69, 9.17) is 4.74 Å². The molecule has 0 saturated carbocycles. The zero-order chi connectivity index (χ0) is 19.7. The van der Waals surface area contributed by atoms with Crippen LogP contribution >= 0.6 is 0 Å². The van der Waals surface area contributed by atoms with Crippen molar-refractivity contribution < 1.29 is 13.2 Å². The molecule has 0 aliphatic rings. The predicted octanol–water partition coefficient (Wildman–Crippen LogP) is 5.46. The van der Waals surface area contributed by atoms with Crippen LogP contribution < -0.4 is 4.74 Å². The third kappa shape index (κ3) is 7.02. The maximum Gasteiger partial charge on any atom is 0.151 e. The van der Waals surface area contributed by atoms with Gasteiger partial charge >= 0.3 is 0 Å². The molecule has 0 radical (unpaired) electrons. The Labute approximate surface area is 164 Å². The number of unbranched alkanes of at least 4 members (excludes halogenated alkanes) is 1. The second-order valence-electron chi connectivity index (χ2n) is 7.33. The molecule has 0 spiro atoms. The Balaban J connectivity index is 2.28. The second kappa shape index (κ2) is 10.5. The topological polar surface area (TPSA) is 43.4 Å². The molecule has 0 aliphatic heterocycles. The van der Waals surface area contributed by atoms with Crippen molar-refractivity contribution in [1.82, 2.24) is 0 Å². The van der Waals surface area contributed by atoms with E-state index in [0.29, 0.717) is 18.9 Å². The Hall–Kier alpha value is -1.81. The van der Waals surface area contributed by atoms with Crippen LogP contribution in [0, 0.1) is 5.92 Å². The average molecular weight is 389 g/mol. The lowest BCUT2D eigenvalue weighted by atomic mass is 9.93. The molecule has 0 saturated heterocycles. The van der Waals surface area contributed by atoms with Crippen LogP contribution in [0.25, 0.3) is 0 Å². The molecular formula is C23H32O3S. The number of hydrogen-bond acceptors (Lipinski definition) is 3. The quantitative estimate of drug-likeness (QED) is 0.513. The molecule has 0 N–H and O–H groups in total. The summed E-state index contributed by atoms with van der Waals surface area (Å²) >= 11 is 0. The molecule has 2 aromatic rings. The molecule has 0 aliphatic carbocycles. The van der Waals surface area contributed by atoms with Crippen molar-refractivity contribution in [3.05, 3.63) is 65.7 Å². The third-order valence-corrected chi connectivity index (χ3v) is 6.68. The predicted molar refractivity (Wildman–Crippen MR) is 113 cm³/mol. The van der Waals surface area contributed by atoms with E-state index in [-0.39, 0.29) is 17.4 Å². The second-order valence-corrected chi connectivity index (χ2v) is 9.56. The molecular weight excluding hydrogens is 356 g/mol. The van der Waals surface area contributed by atoms with E-state index < -0.39 is 9.84 Å². The minimum Gasteiger partial charge on any atom is -0.493 e. The first-order valence-corrected chi connectivity index (χ1v) is 11.8. The molecule has 2 atom stereocenters. The van der Waals surface area contributed by atoms with E-state index in [0.717, 1.165) is 29.7 Å². The van der Waals surface area contributed by atoms with E-state index in [1.54, 1.807) is 0 Å². The van der Waals surface area contributed by atoms with E-state index in [1.165, 1.54) is 0 Å². The highest BCUT2D eigenvalue weighted by molar-refractivity contribution is 7.91. The summed E-state index contributed by atoms with van der Waals surface area (Å²) in [6, 6.07) is 17.8. The van der Waals surface area contributed by atoms with Crippen molar-refractivity contribution >= 4 is 9.84 Å². The molecule has 4 heteroatoms. The monoisotopic (exact) mass is 388 g/mol. The van der Waals surface area contributed by atoms with E-state index in [2.05, 4.69) is 13.8 Å². The van der Waals surface area contributed by atoms with Gasteiger partial charge in [-0.25, -0.2) is 8.42 Å². The molecule has 2 rings (SSSR count). The smallest absolute Gasteiger partial charge is 0.151 e. The van der Waals surface area contributed by atoms with E-state index >= 15 is 0 Å². The fourth-order valence-corrected chi connectivity index (χ4v) is 4.74. The van der Waals surface area contributed by atoms with Gasteiger partial charge in [0.15, 0.2) is 9.84 Å². The fraction of sp³-hybridized carbons (Fsp3) is 0.478. The number of benzene rings is 2. The number of hydrogen-bond donors (Lipinski definition) is 0. The van der Waals surface area contributed by atoms with Crippen LogP contribution in [0.4, 0.5) is 0 Å². The molecule has 27 heavy (non-hydrogen) atoms. The Kier molecular flexibility index (Phi) is 8.36. The number of sulfone groups is 1. The van der Waals surface area contributed by atoms with Crippen LogP contribution in [0.2, 0.25) is 0 Å². The highest BCUT2D eigenvalue weighted by Gasteiger charge is 2.22. The summed E-state index contributed by atoms with van der Waals surface area (Å²) in [5.41, 5.74) is 2.01. The van der Waals surface area contributed by atoms with Gasteiger partial charge in [0, 0.05) is 5.92 Å². The van der Waals surface area contributed by atoms with Gasteiger partial charge in [-0.15, -0.1) is 0 Å². The normalized spacial score (nSPS) is 13.9. The standard InChI is InChI=1S/C23H32O3S/c1-4-6-15-27(24,25)18-23(20-11-8-7-9-12-20)21-13-10-14-22(16-21)26-17-19(3)5-2/h7-14,16,19,23H,4-6,15,17-18H2,1-3H3/t19-,23?/m0/s1. The van der Waals surface area contributed by atoms with E-state index in [1.807, 2.05) is 61.5 Å². The molecule has 1 unspecified atom stereocenters. The highest BCUT2D eigenvalue weighted by Crippen LogP contribution is 2.29. The maximum absolute atomic E-state index is 12.7. The first-order chi connectivity index (χ1) is 12.9. The lowest BCUT2D eigenvalue weighted by Crippen LogP contribution is -2.19. The molecule has 0 aromatic heterocycles. The van der Waals surface area contributed by atoms with Crippen molar-refractivity contribution in [3.8, 4) is 5.75 Å². The van der Waals surface area contributed by atoms with Crippen LogP contribution in [0.1, 0.15) is 57.1 Å². The van der Waals surface area contributed by atoms with Crippen molar-refractivity contribution in [2.75, 3.05) is 18.1 Å². The average Bonchev–Trinajstić information content (AvgIpc) is 2.69. The Bertz CT molecular complexity index is 784. The Morgan fingerprint density at radius 2 is 1.67 bits per heavy atom. The minimum absolute atomic E-state index is 0.131. The van der Waals surface area contributed by atoms with Gasteiger partial charge in [0.05, 0.1) is 18.1 Å². The Morgan fingerprint density at radius 1 is 0.963 bits per heavy atom. The van der Waals surface area contributed by atoms with Crippen molar-refractivity contribution in [1.29, 1.82) is 0 Å². The molecule has 0 fully saturated rings. The summed E-state index contributed by atoms with van der Waals surface area (Å²) in [5, 5.41) is 0. The summed E-state index contributed by atoms with van der Waals surface area (Å²) in [6.45, 7) is 7.00. The lowest BCUT2D eigenvalue weighted by Gasteiger charge is -2.19. The summed E-state index contributed by atoms with van der Waals surface area (Å²) < 4.78 is 31.2. The summed E-state index contributed by atoms with van der Waals surface area (Å²) in [6.07, 6.45) is 2.66. The SMILES string of the molecule is CCCCS(=O)(=O)CC(c1ccccc1)c1cccc(OC[C@@H](C)CC)c1. The van der Waals surface area contributed by atoms with Crippen molar-refractivity contribution in [2.24, 2.45) is 5.92 Å². The first-order valence-electron chi connectivity index (χ1n) is 9.93. The van der Waals surface area contributed by atoms with Gasteiger partial charge in [-0.1, -0.05) is 76.1 Å². The van der Waals surface area contributed by atoms with Crippen LogP contribution in [0.15, 0.2) is 54.6 Å². The van der Waals surface area contributed by atoms with Crippen LogP contribution in [-0.4, -0.2) is 26.5 Å². The highest BCUT2D eigenvalue weighted by atomic mass is 32.2. The van der Waals surface area contributed by atoms with Crippen LogP contribution in [0.3, 0.4) is 0 Å². The summed E-state index contributed by atoms with van der Waals surface area (Å²) in [4.78, 5) is 0. The zero-order valence-electron chi connectivity index (χ0n) is 16.7. The summed E-state index contributed by atoms with van der Waals surface area (Å²) in [5.74, 6) is 1.50. The van der Waals surface area contributed by atoms with Gasteiger partial charge in [0.2, 0.25) is 0 Å². The zero-order valence-corrected chi connectivity index (χ0v) is 17.5. The third-order valence-electron chi connectivity index (χ3n) is 4.92. The first kappa shape index (κ1) is 21.5. The van der Waals surface area contributed by atoms with Crippen LogP contribution in [-0.2, 0) is 9.84 Å². The summed E-state index contributed by atoms with van der Waals surface area (Å²) in [7, 11) is -3.12. The largest absolute Gasteiger partial charge is 0.493 e. The maximum atomic E-state index is 12.7. The number of ether oxygens (including phenoxy) is 1.